The number of carbonyl (C=O) groups is 1. The molecule has 1 nitrogen and oxygen atoms in total. The predicted molar refractivity (Wildman–Crippen MR) is 85.0 cm³/mol. The number of benzene rings is 1. The van der Waals surface area contributed by atoms with Gasteiger partial charge in [-0.15, -0.1) is 5.54 Å². The number of rotatable bonds is 4. The van der Waals surface area contributed by atoms with E-state index in [1.165, 1.54) is 0 Å². The molecule has 102 valence electrons. The van der Waals surface area contributed by atoms with Crippen LogP contribution in [0.15, 0.2) is 24.3 Å². The second-order valence-corrected chi connectivity index (χ2v) is 10.8. The molecular formula is C17H24OSi. The van der Waals surface area contributed by atoms with Crippen molar-refractivity contribution < 1.29 is 4.79 Å². The maximum atomic E-state index is 11.9. The molecule has 1 atom stereocenters. The van der Waals surface area contributed by atoms with Gasteiger partial charge in [-0.2, -0.15) is 0 Å². The van der Waals surface area contributed by atoms with E-state index in [0.29, 0.717) is 12.2 Å². The van der Waals surface area contributed by atoms with Crippen molar-refractivity contribution in [3.05, 3.63) is 35.4 Å². The molecule has 0 saturated heterocycles. The van der Waals surface area contributed by atoms with Crippen LogP contribution in [-0.4, -0.2) is 13.9 Å². The maximum Gasteiger partial charge on any atom is 0.140 e. The van der Waals surface area contributed by atoms with E-state index in [1.54, 1.807) is 0 Å². The van der Waals surface area contributed by atoms with Gasteiger partial charge >= 0.3 is 0 Å². The number of hydrogen-bond acceptors (Lipinski definition) is 1. The highest BCUT2D eigenvalue weighted by atomic mass is 28.3. The molecule has 0 aromatic heterocycles. The first-order chi connectivity index (χ1) is 8.83. The second kappa shape index (κ2) is 6.72. The molecule has 0 saturated carbocycles. The molecule has 0 aliphatic heterocycles. The summed E-state index contributed by atoms with van der Waals surface area (Å²) in [7, 11) is -1.32. The van der Waals surface area contributed by atoms with Crippen LogP contribution in [0.3, 0.4) is 0 Å². The monoisotopic (exact) mass is 272 g/mol. The minimum atomic E-state index is -1.32. The molecule has 0 N–H and O–H groups in total. The van der Waals surface area contributed by atoms with Crippen molar-refractivity contribution in [3.8, 4) is 11.5 Å². The summed E-state index contributed by atoms with van der Waals surface area (Å²) in [5, 5.41) is 0. The van der Waals surface area contributed by atoms with Crippen molar-refractivity contribution in [1.82, 2.24) is 0 Å². The summed E-state index contributed by atoms with van der Waals surface area (Å²) in [6.45, 7) is 10.7. The molecule has 0 spiro atoms. The van der Waals surface area contributed by atoms with E-state index in [2.05, 4.69) is 31.1 Å². The van der Waals surface area contributed by atoms with Gasteiger partial charge in [0.2, 0.25) is 0 Å². The van der Waals surface area contributed by atoms with E-state index < -0.39 is 8.07 Å². The van der Waals surface area contributed by atoms with Gasteiger partial charge in [-0.05, 0) is 24.1 Å². The topological polar surface area (TPSA) is 17.1 Å². The Labute approximate surface area is 118 Å². The van der Waals surface area contributed by atoms with E-state index in [-0.39, 0.29) is 5.92 Å². The van der Waals surface area contributed by atoms with Crippen LogP contribution in [0.1, 0.15) is 43.7 Å². The molecule has 0 fully saturated rings. The highest BCUT2D eigenvalue weighted by Crippen LogP contribution is 2.18. The van der Waals surface area contributed by atoms with Gasteiger partial charge in [-0.3, -0.25) is 4.79 Å². The number of hydrogen-bond donors (Lipinski definition) is 0. The Bertz CT molecular complexity index is 483. The first-order valence-electron chi connectivity index (χ1n) is 6.99. The third-order valence-electron chi connectivity index (χ3n) is 2.97. The molecule has 0 aliphatic rings. The molecule has 0 amide bonds. The number of Topliss-reactive ketones (excluding diaryl/α,β-unsaturated/α-hetero) is 1. The Kier molecular flexibility index (Phi) is 5.56. The van der Waals surface area contributed by atoms with E-state index in [9.17, 15) is 4.79 Å². The zero-order valence-electron chi connectivity index (χ0n) is 12.7. The summed E-state index contributed by atoms with van der Waals surface area (Å²) < 4.78 is 0. The van der Waals surface area contributed by atoms with Crippen LogP contribution in [0.2, 0.25) is 19.6 Å². The van der Waals surface area contributed by atoms with Crippen molar-refractivity contribution in [2.45, 2.75) is 52.2 Å². The number of ketones is 1. The van der Waals surface area contributed by atoms with E-state index in [1.807, 2.05) is 38.1 Å². The highest BCUT2D eigenvalue weighted by Gasteiger charge is 2.13. The molecule has 1 unspecified atom stereocenters. The minimum Gasteiger partial charge on any atom is -0.299 e. The van der Waals surface area contributed by atoms with Crippen molar-refractivity contribution in [1.29, 1.82) is 0 Å². The quantitative estimate of drug-likeness (QED) is 0.587. The zero-order chi connectivity index (χ0) is 14.5. The van der Waals surface area contributed by atoms with Crippen LogP contribution >= 0.6 is 0 Å². The number of carbonyl (C=O) groups excluding carboxylic acids is 1. The normalized spacial score (nSPS) is 12.5. The lowest BCUT2D eigenvalue weighted by atomic mass is 9.94. The molecule has 19 heavy (non-hydrogen) atoms. The van der Waals surface area contributed by atoms with Gasteiger partial charge in [0.05, 0.1) is 0 Å². The summed E-state index contributed by atoms with van der Waals surface area (Å²) in [5.74, 6) is 3.55. The van der Waals surface area contributed by atoms with Gasteiger partial charge in [-0.1, -0.05) is 51.5 Å². The lowest BCUT2D eigenvalue weighted by Gasteiger charge is -2.10. The van der Waals surface area contributed by atoms with Crippen LogP contribution in [0.5, 0.6) is 0 Å². The standard InChI is InChI=1S/C17H24OSi/c1-6-7-17(18)14(2)16-10-8-15(9-11-16)12-13-19(3,4)5/h8-11,14H,6-7H2,1-5H3. The van der Waals surface area contributed by atoms with E-state index >= 15 is 0 Å². The summed E-state index contributed by atoms with van der Waals surface area (Å²) in [4.78, 5) is 11.9. The molecule has 0 aliphatic carbocycles. The van der Waals surface area contributed by atoms with Crippen molar-refractivity contribution >= 4 is 13.9 Å². The summed E-state index contributed by atoms with van der Waals surface area (Å²) in [6, 6.07) is 8.12. The molecule has 1 aromatic carbocycles. The summed E-state index contributed by atoms with van der Waals surface area (Å²) in [6.07, 6.45) is 1.58. The fourth-order valence-corrected chi connectivity index (χ4v) is 2.28. The smallest absolute Gasteiger partial charge is 0.140 e. The molecular weight excluding hydrogens is 248 g/mol. The first-order valence-corrected chi connectivity index (χ1v) is 10.5. The zero-order valence-corrected chi connectivity index (χ0v) is 13.7. The maximum absolute atomic E-state index is 11.9. The van der Waals surface area contributed by atoms with Gasteiger partial charge in [0.15, 0.2) is 0 Å². The third kappa shape index (κ3) is 5.44. The van der Waals surface area contributed by atoms with E-state index in [4.69, 9.17) is 0 Å². The van der Waals surface area contributed by atoms with Gasteiger partial charge in [-0.25, -0.2) is 0 Å². The molecule has 1 aromatic rings. The Morgan fingerprint density at radius 2 is 1.79 bits per heavy atom. The summed E-state index contributed by atoms with van der Waals surface area (Å²) in [5.41, 5.74) is 5.49. The van der Waals surface area contributed by atoms with Crippen molar-refractivity contribution in [2.24, 2.45) is 0 Å². The van der Waals surface area contributed by atoms with Gasteiger partial charge in [0.25, 0.3) is 0 Å². The average Bonchev–Trinajstić information content (AvgIpc) is 2.35. The molecule has 0 radical (unpaired) electrons. The summed E-state index contributed by atoms with van der Waals surface area (Å²) >= 11 is 0. The van der Waals surface area contributed by atoms with E-state index in [0.717, 1.165) is 17.5 Å². The SMILES string of the molecule is CCCC(=O)C(C)c1ccc(C#C[Si](C)(C)C)cc1. The van der Waals surface area contributed by atoms with Gasteiger partial charge < -0.3 is 0 Å². The lowest BCUT2D eigenvalue weighted by Crippen LogP contribution is -2.16. The molecule has 1 rings (SSSR count). The van der Waals surface area contributed by atoms with Crippen molar-refractivity contribution in [3.63, 3.8) is 0 Å². The molecule has 2 heteroatoms. The van der Waals surface area contributed by atoms with Crippen LogP contribution in [0.4, 0.5) is 0 Å². The second-order valence-electron chi connectivity index (χ2n) is 6.06. The lowest BCUT2D eigenvalue weighted by molar-refractivity contribution is -0.120. The van der Waals surface area contributed by atoms with Gasteiger partial charge in [0.1, 0.15) is 13.9 Å². The minimum absolute atomic E-state index is 0.000972. The Hall–Kier alpha value is -1.33. The predicted octanol–water partition coefficient (Wildman–Crippen LogP) is 4.39. The van der Waals surface area contributed by atoms with Crippen LogP contribution in [0, 0.1) is 11.5 Å². The molecule has 0 bridgehead atoms. The Morgan fingerprint density at radius 1 is 1.21 bits per heavy atom. The fourth-order valence-electron chi connectivity index (χ4n) is 1.76. The van der Waals surface area contributed by atoms with Crippen LogP contribution in [0.25, 0.3) is 0 Å². The Balaban J connectivity index is 2.81. The third-order valence-corrected chi connectivity index (χ3v) is 3.85. The molecule has 0 heterocycles. The van der Waals surface area contributed by atoms with Crippen molar-refractivity contribution in [2.75, 3.05) is 0 Å². The highest BCUT2D eigenvalue weighted by molar-refractivity contribution is 6.83. The Morgan fingerprint density at radius 3 is 2.26 bits per heavy atom. The van der Waals surface area contributed by atoms with Gasteiger partial charge in [0, 0.05) is 17.9 Å². The largest absolute Gasteiger partial charge is 0.299 e. The van der Waals surface area contributed by atoms with Crippen LogP contribution in [-0.2, 0) is 4.79 Å². The average molecular weight is 272 g/mol. The van der Waals surface area contributed by atoms with Crippen LogP contribution < -0.4 is 0 Å². The fraction of sp³-hybridized carbons (Fsp3) is 0.471. The first kappa shape index (κ1) is 15.7.